The number of carbonyl (C=O) groups excluding carboxylic acids is 1. The molecule has 2 aromatic carbocycles. The Morgan fingerprint density at radius 1 is 1.14 bits per heavy atom. The summed E-state index contributed by atoms with van der Waals surface area (Å²) in [5, 5.41) is 3.87. The van der Waals surface area contributed by atoms with E-state index >= 15 is 0 Å². The lowest BCUT2D eigenvalue weighted by molar-refractivity contribution is 0.102. The lowest BCUT2D eigenvalue weighted by atomic mass is 10.1. The number of fused-ring (bicyclic) bond motifs is 1. The van der Waals surface area contributed by atoms with Gasteiger partial charge >= 0.3 is 0 Å². The van der Waals surface area contributed by atoms with Crippen LogP contribution in [0, 0.1) is 6.92 Å². The van der Waals surface area contributed by atoms with Gasteiger partial charge in [-0.15, -0.1) is 0 Å². The van der Waals surface area contributed by atoms with Crippen LogP contribution in [-0.2, 0) is 0 Å². The smallest absolute Gasteiger partial charge is 0.255 e. The predicted octanol–water partition coefficient (Wildman–Crippen LogP) is 3.38. The molecule has 1 aromatic heterocycles. The summed E-state index contributed by atoms with van der Waals surface area (Å²) in [5.74, 6) is -0.173. The molecule has 3 aromatic rings. The van der Waals surface area contributed by atoms with Crippen molar-refractivity contribution in [2.75, 3.05) is 11.1 Å². The van der Waals surface area contributed by atoms with Crippen molar-refractivity contribution < 1.29 is 4.79 Å². The minimum Gasteiger partial charge on any atom is -0.399 e. The van der Waals surface area contributed by atoms with Crippen LogP contribution in [0.15, 0.2) is 54.7 Å². The highest BCUT2D eigenvalue weighted by atomic mass is 16.1. The minimum atomic E-state index is -0.173. The van der Waals surface area contributed by atoms with E-state index in [2.05, 4.69) is 10.3 Å². The predicted molar refractivity (Wildman–Crippen MR) is 85.3 cm³/mol. The third-order valence-electron chi connectivity index (χ3n) is 3.22. The zero-order chi connectivity index (χ0) is 14.8. The molecule has 21 heavy (non-hydrogen) atoms. The third-order valence-corrected chi connectivity index (χ3v) is 3.22. The third kappa shape index (κ3) is 2.84. The van der Waals surface area contributed by atoms with E-state index in [0.29, 0.717) is 11.3 Å². The fraction of sp³-hybridized carbons (Fsp3) is 0.0588. The van der Waals surface area contributed by atoms with Crippen LogP contribution in [0.4, 0.5) is 11.4 Å². The molecule has 4 heteroatoms. The highest BCUT2D eigenvalue weighted by molar-refractivity contribution is 6.05. The van der Waals surface area contributed by atoms with Crippen LogP contribution in [0.25, 0.3) is 10.9 Å². The van der Waals surface area contributed by atoms with Crippen LogP contribution in [0.1, 0.15) is 15.9 Å². The van der Waals surface area contributed by atoms with Gasteiger partial charge < -0.3 is 11.1 Å². The first-order valence-corrected chi connectivity index (χ1v) is 6.65. The maximum absolute atomic E-state index is 12.3. The molecular formula is C17H15N3O. The van der Waals surface area contributed by atoms with Crippen molar-refractivity contribution in [3.8, 4) is 0 Å². The second-order valence-electron chi connectivity index (χ2n) is 5.00. The van der Waals surface area contributed by atoms with Gasteiger partial charge in [0.15, 0.2) is 0 Å². The molecule has 1 heterocycles. The Bertz CT molecular complexity index is 807. The number of carbonyl (C=O) groups is 1. The molecule has 3 rings (SSSR count). The van der Waals surface area contributed by atoms with Gasteiger partial charge in [0.05, 0.1) is 5.52 Å². The Kier molecular flexibility index (Phi) is 3.28. The van der Waals surface area contributed by atoms with E-state index in [1.54, 1.807) is 12.3 Å². The molecular weight excluding hydrogens is 262 g/mol. The molecule has 0 aliphatic carbocycles. The Hall–Kier alpha value is -2.88. The monoisotopic (exact) mass is 277 g/mol. The number of nitrogens with one attached hydrogen (secondary N) is 1. The van der Waals surface area contributed by atoms with Crippen molar-refractivity contribution in [2.24, 2.45) is 0 Å². The van der Waals surface area contributed by atoms with Crippen molar-refractivity contribution in [3.63, 3.8) is 0 Å². The Balaban J connectivity index is 1.88. The average Bonchev–Trinajstić information content (AvgIpc) is 2.46. The van der Waals surface area contributed by atoms with Crippen LogP contribution in [0.3, 0.4) is 0 Å². The van der Waals surface area contributed by atoms with Gasteiger partial charge in [0.1, 0.15) is 0 Å². The second kappa shape index (κ2) is 5.25. The summed E-state index contributed by atoms with van der Waals surface area (Å²) in [6.45, 7) is 1.91. The molecule has 0 aliphatic rings. The lowest BCUT2D eigenvalue weighted by Gasteiger charge is -2.08. The van der Waals surface area contributed by atoms with Gasteiger partial charge in [0, 0.05) is 28.5 Å². The summed E-state index contributed by atoms with van der Waals surface area (Å²) in [6, 6.07) is 14.8. The van der Waals surface area contributed by atoms with E-state index in [9.17, 15) is 4.79 Å². The van der Waals surface area contributed by atoms with Crippen LogP contribution in [-0.4, -0.2) is 10.9 Å². The van der Waals surface area contributed by atoms with Gasteiger partial charge in [0.25, 0.3) is 5.91 Å². The van der Waals surface area contributed by atoms with Crippen LogP contribution in [0.2, 0.25) is 0 Å². The Morgan fingerprint density at radius 3 is 2.81 bits per heavy atom. The molecule has 1 amide bonds. The van der Waals surface area contributed by atoms with E-state index in [-0.39, 0.29) is 5.91 Å². The SMILES string of the molecule is Cc1cc(N)cc(C(=O)Nc2ccc3ncccc3c2)c1. The number of anilines is 2. The lowest BCUT2D eigenvalue weighted by Crippen LogP contribution is -2.12. The van der Waals surface area contributed by atoms with Gasteiger partial charge in [-0.2, -0.15) is 0 Å². The first kappa shape index (κ1) is 13.1. The first-order valence-electron chi connectivity index (χ1n) is 6.65. The van der Waals surface area contributed by atoms with Crippen LogP contribution in [0.5, 0.6) is 0 Å². The van der Waals surface area contributed by atoms with Crippen LogP contribution < -0.4 is 11.1 Å². The van der Waals surface area contributed by atoms with Crippen molar-refractivity contribution in [3.05, 3.63) is 65.9 Å². The number of hydrogen-bond acceptors (Lipinski definition) is 3. The normalized spacial score (nSPS) is 10.5. The number of nitrogens with two attached hydrogens (primary N) is 1. The minimum absolute atomic E-state index is 0.173. The number of pyridine rings is 1. The number of nitrogen functional groups attached to an aromatic ring is 1. The molecule has 0 saturated carbocycles. The molecule has 0 unspecified atom stereocenters. The molecule has 0 atom stereocenters. The molecule has 4 nitrogen and oxygen atoms in total. The standard InChI is InChI=1S/C17H15N3O/c1-11-7-13(9-14(18)8-11)17(21)20-15-4-5-16-12(10-15)3-2-6-19-16/h2-10H,18H2,1H3,(H,20,21). The van der Waals surface area contributed by atoms with Gasteiger partial charge in [0.2, 0.25) is 0 Å². The number of nitrogens with zero attached hydrogens (tertiary/aromatic N) is 1. The second-order valence-corrected chi connectivity index (χ2v) is 5.00. The van der Waals surface area contributed by atoms with Crippen molar-refractivity contribution >= 4 is 28.2 Å². The summed E-state index contributed by atoms with van der Waals surface area (Å²) < 4.78 is 0. The average molecular weight is 277 g/mol. The fourth-order valence-corrected chi connectivity index (χ4v) is 2.30. The van der Waals surface area contributed by atoms with E-state index in [4.69, 9.17) is 5.73 Å². The molecule has 0 saturated heterocycles. The number of amides is 1. The highest BCUT2D eigenvalue weighted by Crippen LogP contribution is 2.18. The van der Waals surface area contributed by atoms with Gasteiger partial charge in [-0.25, -0.2) is 0 Å². The zero-order valence-electron chi connectivity index (χ0n) is 11.6. The summed E-state index contributed by atoms with van der Waals surface area (Å²) in [4.78, 5) is 16.5. The number of aromatic nitrogens is 1. The highest BCUT2D eigenvalue weighted by Gasteiger charge is 2.08. The van der Waals surface area contributed by atoms with Crippen molar-refractivity contribution in [2.45, 2.75) is 6.92 Å². The number of benzene rings is 2. The number of aryl methyl sites for hydroxylation is 1. The van der Waals surface area contributed by atoms with Gasteiger partial charge in [-0.05, 0) is 55.0 Å². The molecule has 3 N–H and O–H groups in total. The summed E-state index contributed by atoms with van der Waals surface area (Å²) in [5.41, 5.74) is 9.51. The molecule has 0 fully saturated rings. The van der Waals surface area contributed by atoms with Crippen molar-refractivity contribution in [1.29, 1.82) is 0 Å². The maximum Gasteiger partial charge on any atom is 0.255 e. The Labute approximate surface area is 122 Å². The molecule has 0 spiro atoms. The number of hydrogen-bond donors (Lipinski definition) is 2. The quantitative estimate of drug-likeness (QED) is 0.706. The molecule has 0 bridgehead atoms. The van der Waals surface area contributed by atoms with E-state index in [1.807, 2.05) is 49.4 Å². The number of rotatable bonds is 2. The first-order chi connectivity index (χ1) is 10.1. The van der Waals surface area contributed by atoms with Crippen LogP contribution >= 0.6 is 0 Å². The van der Waals surface area contributed by atoms with Crippen molar-refractivity contribution in [1.82, 2.24) is 4.98 Å². The van der Waals surface area contributed by atoms with Gasteiger partial charge in [-0.1, -0.05) is 6.07 Å². The summed E-state index contributed by atoms with van der Waals surface area (Å²) in [6.07, 6.45) is 1.75. The summed E-state index contributed by atoms with van der Waals surface area (Å²) in [7, 11) is 0. The van der Waals surface area contributed by atoms with E-state index in [1.165, 1.54) is 0 Å². The summed E-state index contributed by atoms with van der Waals surface area (Å²) >= 11 is 0. The van der Waals surface area contributed by atoms with Gasteiger partial charge in [-0.3, -0.25) is 9.78 Å². The maximum atomic E-state index is 12.3. The zero-order valence-corrected chi connectivity index (χ0v) is 11.6. The molecule has 0 aliphatic heterocycles. The fourth-order valence-electron chi connectivity index (χ4n) is 2.30. The molecule has 0 radical (unpaired) electrons. The largest absolute Gasteiger partial charge is 0.399 e. The molecule has 104 valence electrons. The van der Waals surface area contributed by atoms with E-state index in [0.717, 1.165) is 22.2 Å². The topological polar surface area (TPSA) is 68.0 Å². The van der Waals surface area contributed by atoms with E-state index < -0.39 is 0 Å². The Morgan fingerprint density at radius 2 is 2.00 bits per heavy atom.